The van der Waals surface area contributed by atoms with Gasteiger partial charge in [-0.1, -0.05) is 0 Å². The zero-order valence-electron chi connectivity index (χ0n) is 9.76. The third-order valence-corrected chi connectivity index (χ3v) is 2.16. The minimum atomic E-state index is -4.23. The van der Waals surface area contributed by atoms with Crippen molar-refractivity contribution < 1.29 is 17.9 Å². The summed E-state index contributed by atoms with van der Waals surface area (Å²) in [5, 5.41) is 3.03. The Morgan fingerprint density at radius 1 is 1.41 bits per heavy atom. The first kappa shape index (κ1) is 14.1. The lowest BCUT2D eigenvalue weighted by Gasteiger charge is -2.07. The van der Waals surface area contributed by atoms with Crippen LogP contribution in [0.15, 0.2) is 18.5 Å². The van der Waals surface area contributed by atoms with E-state index in [4.69, 9.17) is 0 Å². The van der Waals surface area contributed by atoms with E-state index in [0.717, 1.165) is 12.1 Å². The Labute approximate surface area is 98.6 Å². The molecular formula is C11H17F3N2O. The van der Waals surface area contributed by atoms with Crippen molar-refractivity contribution in [1.29, 1.82) is 0 Å². The van der Waals surface area contributed by atoms with Crippen molar-refractivity contribution in [1.82, 2.24) is 9.88 Å². The maximum atomic E-state index is 11.8. The van der Waals surface area contributed by atoms with Gasteiger partial charge in [0.25, 0.3) is 0 Å². The van der Waals surface area contributed by atoms with Crippen molar-refractivity contribution in [2.45, 2.75) is 25.7 Å². The monoisotopic (exact) mass is 250 g/mol. The summed E-state index contributed by atoms with van der Waals surface area (Å²) in [5.74, 6) is 0. The molecule has 6 heteroatoms. The largest absolute Gasteiger partial charge is 0.411 e. The summed E-state index contributed by atoms with van der Waals surface area (Å²) < 4.78 is 41.7. The molecule has 0 atom stereocenters. The lowest BCUT2D eigenvalue weighted by molar-refractivity contribution is -0.174. The molecule has 0 aliphatic carbocycles. The van der Waals surface area contributed by atoms with E-state index in [1.807, 2.05) is 30.1 Å². The van der Waals surface area contributed by atoms with E-state index in [-0.39, 0.29) is 6.61 Å². The number of halogens is 3. The highest BCUT2D eigenvalue weighted by Gasteiger charge is 2.27. The van der Waals surface area contributed by atoms with E-state index < -0.39 is 12.8 Å². The summed E-state index contributed by atoms with van der Waals surface area (Å²) in [6.45, 7) is 0.419. The smallest absolute Gasteiger partial charge is 0.372 e. The van der Waals surface area contributed by atoms with Crippen LogP contribution in [0.5, 0.6) is 0 Å². The van der Waals surface area contributed by atoms with E-state index in [1.165, 1.54) is 0 Å². The fourth-order valence-electron chi connectivity index (χ4n) is 1.48. The minimum absolute atomic E-state index is 0.124. The van der Waals surface area contributed by atoms with Crippen LogP contribution in [0.2, 0.25) is 0 Å². The van der Waals surface area contributed by atoms with Crippen LogP contribution in [-0.4, -0.2) is 31.0 Å². The molecule has 1 aromatic rings. The topological polar surface area (TPSA) is 26.2 Å². The van der Waals surface area contributed by atoms with Gasteiger partial charge < -0.3 is 14.6 Å². The van der Waals surface area contributed by atoms with Gasteiger partial charge in [-0.2, -0.15) is 13.2 Å². The van der Waals surface area contributed by atoms with Crippen LogP contribution in [0.4, 0.5) is 13.2 Å². The highest BCUT2D eigenvalue weighted by Crippen LogP contribution is 2.14. The van der Waals surface area contributed by atoms with E-state index >= 15 is 0 Å². The first-order valence-electron chi connectivity index (χ1n) is 5.45. The van der Waals surface area contributed by atoms with Crippen molar-refractivity contribution >= 4 is 0 Å². The van der Waals surface area contributed by atoms with Crippen molar-refractivity contribution in [3.63, 3.8) is 0 Å². The molecule has 0 spiro atoms. The summed E-state index contributed by atoms with van der Waals surface area (Å²) in [7, 11) is 1.86. The maximum absolute atomic E-state index is 11.8. The van der Waals surface area contributed by atoms with Gasteiger partial charge in [-0.15, -0.1) is 0 Å². The Morgan fingerprint density at radius 2 is 2.18 bits per heavy atom. The summed E-state index contributed by atoms with van der Waals surface area (Å²) in [4.78, 5) is 0. The van der Waals surface area contributed by atoms with Gasteiger partial charge >= 0.3 is 6.18 Å². The molecule has 1 aromatic heterocycles. The van der Waals surface area contributed by atoms with Gasteiger partial charge in [0.1, 0.15) is 6.61 Å². The molecule has 17 heavy (non-hydrogen) atoms. The molecule has 0 bridgehead atoms. The van der Waals surface area contributed by atoms with Crippen molar-refractivity contribution in [2.75, 3.05) is 20.3 Å². The van der Waals surface area contributed by atoms with Crippen LogP contribution in [-0.2, 0) is 17.8 Å². The molecule has 0 aromatic carbocycles. The Kier molecular flexibility index (Phi) is 5.50. The zero-order valence-corrected chi connectivity index (χ0v) is 9.76. The molecule has 98 valence electrons. The number of hydrogen-bond acceptors (Lipinski definition) is 2. The van der Waals surface area contributed by atoms with Gasteiger partial charge in [0, 0.05) is 32.1 Å². The lowest BCUT2D eigenvalue weighted by Crippen LogP contribution is -2.17. The number of alkyl halides is 3. The predicted molar refractivity (Wildman–Crippen MR) is 58.7 cm³/mol. The number of aryl methyl sites for hydroxylation is 1. The zero-order chi connectivity index (χ0) is 12.7. The number of nitrogens with zero attached hydrogens (tertiary/aromatic N) is 1. The Bertz CT molecular complexity index is 323. The van der Waals surface area contributed by atoms with Crippen molar-refractivity contribution in [2.24, 2.45) is 0 Å². The molecule has 1 N–H and O–H groups in total. The fraction of sp³-hybridized carbons (Fsp3) is 0.636. The summed E-state index contributed by atoms with van der Waals surface area (Å²) >= 11 is 0. The number of nitrogens with one attached hydrogen (secondary N) is 1. The van der Waals surface area contributed by atoms with Crippen molar-refractivity contribution in [3.05, 3.63) is 24.0 Å². The van der Waals surface area contributed by atoms with Gasteiger partial charge in [-0.3, -0.25) is 0 Å². The number of rotatable bonds is 7. The molecule has 1 heterocycles. The average Bonchev–Trinajstić information content (AvgIpc) is 2.64. The predicted octanol–water partition coefficient (Wildman–Crippen LogP) is 2.18. The Hall–Kier alpha value is -1.01. The highest BCUT2D eigenvalue weighted by molar-refractivity contribution is 5.09. The number of ether oxygens (including phenoxy) is 1. The number of aromatic nitrogens is 1. The fourth-order valence-corrected chi connectivity index (χ4v) is 1.48. The quantitative estimate of drug-likeness (QED) is 0.751. The van der Waals surface area contributed by atoms with E-state index in [1.54, 1.807) is 0 Å². The maximum Gasteiger partial charge on any atom is 0.411 e. The van der Waals surface area contributed by atoms with Gasteiger partial charge in [0.2, 0.25) is 0 Å². The van der Waals surface area contributed by atoms with Gasteiger partial charge in [-0.05, 0) is 25.1 Å². The molecule has 0 aliphatic rings. The van der Waals surface area contributed by atoms with E-state index in [9.17, 15) is 13.2 Å². The lowest BCUT2D eigenvalue weighted by atomic mass is 10.3. The molecular weight excluding hydrogens is 233 g/mol. The molecule has 0 saturated heterocycles. The normalized spacial score (nSPS) is 12.0. The second-order valence-corrected chi connectivity index (χ2v) is 3.81. The molecule has 0 aliphatic heterocycles. The Balaban J connectivity index is 2.13. The molecule has 1 rings (SSSR count). The third kappa shape index (κ3) is 6.33. The van der Waals surface area contributed by atoms with Gasteiger partial charge in [0.05, 0.1) is 0 Å². The van der Waals surface area contributed by atoms with Gasteiger partial charge in [-0.25, -0.2) is 0 Å². The third-order valence-electron chi connectivity index (χ3n) is 2.16. The average molecular weight is 250 g/mol. The first-order chi connectivity index (χ1) is 8.01. The van der Waals surface area contributed by atoms with Crippen LogP contribution in [0.3, 0.4) is 0 Å². The van der Waals surface area contributed by atoms with Crippen LogP contribution in [0, 0.1) is 0 Å². The standard InChI is InChI=1S/C11H17F3N2O/c1-15-7-10-3-5-16(8-10)4-2-6-17-9-11(12,13)14/h3,5,8,15H,2,4,6-7,9H2,1H3. The van der Waals surface area contributed by atoms with Crippen LogP contribution in [0.25, 0.3) is 0 Å². The number of hydrogen-bond donors (Lipinski definition) is 1. The first-order valence-corrected chi connectivity index (χ1v) is 5.45. The molecule has 0 saturated carbocycles. The molecule has 0 radical (unpaired) electrons. The van der Waals surface area contributed by atoms with Crippen molar-refractivity contribution in [3.8, 4) is 0 Å². The minimum Gasteiger partial charge on any atom is -0.372 e. The molecule has 0 unspecified atom stereocenters. The van der Waals surface area contributed by atoms with Crippen LogP contribution >= 0.6 is 0 Å². The molecule has 0 fully saturated rings. The molecule has 3 nitrogen and oxygen atoms in total. The molecule has 0 amide bonds. The summed E-state index contributed by atoms with van der Waals surface area (Å²) in [5.41, 5.74) is 1.16. The second kappa shape index (κ2) is 6.66. The highest BCUT2D eigenvalue weighted by atomic mass is 19.4. The SMILES string of the molecule is CNCc1ccn(CCCOCC(F)(F)F)c1. The summed E-state index contributed by atoms with van der Waals surface area (Å²) in [6.07, 6.45) is 0.230. The Morgan fingerprint density at radius 3 is 2.82 bits per heavy atom. The van der Waals surface area contributed by atoms with Gasteiger partial charge in [0.15, 0.2) is 0 Å². The van der Waals surface area contributed by atoms with Crippen LogP contribution in [0.1, 0.15) is 12.0 Å². The van der Waals surface area contributed by atoms with E-state index in [0.29, 0.717) is 13.0 Å². The van der Waals surface area contributed by atoms with Crippen LogP contribution < -0.4 is 5.32 Å². The second-order valence-electron chi connectivity index (χ2n) is 3.81. The van der Waals surface area contributed by atoms with E-state index in [2.05, 4.69) is 10.1 Å². The summed E-state index contributed by atoms with van der Waals surface area (Å²) in [6, 6.07) is 1.98.